The molecule has 34 heavy (non-hydrogen) atoms. The molecular weight excluding hydrogens is 466 g/mol. The lowest BCUT2D eigenvalue weighted by molar-refractivity contribution is -0.288. The van der Waals surface area contributed by atoms with Gasteiger partial charge in [-0.25, -0.2) is 9.97 Å². The molecule has 0 aliphatic heterocycles. The van der Waals surface area contributed by atoms with Crippen molar-refractivity contribution in [3.8, 4) is 17.2 Å². The number of benzene rings is 3. The molecule has 174 valence electrons. The summed E-state index contributed by atoms with van der Waals surface area (Å²) >= 11 is 0. The summed E-state index contributed by atoms with van der Waals surface area (Å²) in [5, 5.41) is 9.99. The molecule has 1 N–H and O–H groups in total. The highest BCUT2D eigenvalue weighted by Gasteiger charge is 2.72. The topological polar surface area (TPSA) is 72.3 Å². The molecule has 0 saturated carbocycles. The van der Waals surface area contributed by atoms with Crippen molar-refractivity contribution < 1.29 is 40.3 Å². The molecule has 3 aromatic carbocycles. The Morgan fingerprint density at radius 2 is 1.35 bits per heavy atom. The fourth-order valence-corrected chi connectivity index (χ4v) is 4.00. The van der Waals surface area contributed by atoms with E-state index in [1.807, 2.05) is 0 Å². The van der Waals surface area contributed by atoms with Gasteiger partial charge in [0.1, 0.15) is 16.8 Å². The number of alkyl halides is 6. The lowest BCUT2D eigenvalue weighted by Crippen LogP contribution is -2.54. The zero-order chi connectivity index (χ0) is 24.3. The van der Waals surface area contributed by atoms with E-state index in [1.165, 1.54) is 18.2 Å². The van der Waals surface area contributed by atoms with Gasteiger partial charge in [0.05, 0.1) is 5.56 Å². The highest BCUT2D eigenvalue weighted by atomic mass is 19.4. The molecule has 0 radical (unpaired) electrons. The van der Waals surface area contributed by atoms with E-state index in [4.69, 9.17) is 8.83 Å². The van der Waals surface area contributed by atoms with Crippen LogP contribution in [0.15, 0.2) is 75.9 Å². The molecule has 0 unspecified atom stereocenters. The van der Waals surface area contributed by atoms with Gasteiger partial charge in [-0.1, -0.05) is 24.3 Å². The van der Waals surface area contributed by atoms with Gasteiger partial charge in [0.25, 0.3) is 0 Å². The van der Waals surface area contributed by atoms with Gasteiger partial charge in [0, 0.05) is 0 Å². The van der Waals surface area contributed by atoms with Gasteiger partial charge in [-0.2, -0.15) is 26.3 Å². The average molecular weight is 478 g/mol. The molecule has 0 atom stereocenters. The molecule has 5 rings (SSSR count). The van der Waals surface area contributed by atoms with Crippen LogP contribution in [-0.4, -0.2) is 27.4 Å². The van der Waals surface area contributed by atoms with Crippen molar-refractivity contribution >= 4 is 22.2 Å². The first kappa shape index (κ1) is 21.8. The van der Waals surface area contributed by atoms with Crippen molar-refractivity contribution in [2.24, 2.45) is 0 Å². The molecule has 0 fully saturated rings. The van der Waals surface area contributed by atoms with Crippen molar-refractivity contribution in [3.05, 3.63) is 78.2 Å². The van der Waals surface area contributed by atoms with Gasteiger partial charge in [0.15, 0.2) is 17.6 Å². The lowest BCUT2D eigenvalue weighted by atomic mass is 9.72. The highest BCUT2D eigenvalue weighted by Crippen LogP contribution is 2.56. The fraction of sp³-hybridized carbons (Fsp3) is 0.130. The number of halogens is 6. The SMILES string of the molecule is Oc1ccccc1-c1nc2cc(C(c3ccc4ocnc4c3)(C(F)(F)F)C(F)(F)F)ccc2o1. The van der Waals surface area contributed by atoms with E-state index in [1.54, 1.807) is 6.07 Å². The Labute approximate surface area is 186 Å². The third-order valence-electron chi connectivity index (χ3n) is 5.57. The molecule has 0 saturated heterocycles. The molecule has 0 bridgehead atoms. The zero-order valence-electron chi connectivity index (χ0n) is 16.8. The number of hydrogen-bond donors (Lipinski definition) is 1. The number of hydrogen-bond acceptors (Lipinski definition) is 5. The van der Waals surface area contributed by atoms with Gasteiger partial charge in [-0.05, 0) is 47.5 Å². The smallest absolute Gasteiger partial charge is 0.411 e. The predicted molar refractivity (Wildman–Crippen MR) is 108 cm³/mol. The van der Waals surface area contributed by atoms with Crippen LogP contribution in [0.25, 0.3) is 33.7 Å². The number of aromatic nitrogens is 2. The van der Waals surface area contributed by atoms with Crippen LogP contribution in [0.4, 0.5) is 26.3 Å². The predicted octanol–water partition coefficient (Wildman–Crippen LogP) is 6.75. The van der Waals surface area contributed by atoms with E-state index in [0.29, 0.717) is 18.2 Å². The molecule has 2 heterocycles. The third-order valence-corrected chi connectivity index (χ3v) is 5.57. The van der Waals surface area contributed by atoms with Crippen molar-refractivity contribution in [1.82, 2.24) is 9.97 Å². The summed E-state index contributed by atoms with van der Waals surface area (Å²) in [5.74, 6) is -0.367. The second-order valence-corrected chi connectivity index (χ2v) is 7.50. The highest BCUT2D eigenvalue weighted by molar-refractivity contribution is 5.79. The van der Waals surface area contributed by atoms with Gasteiger partial charge < -0.3 is 13.9 Å². The standard InChI is InChI=1S/C23H12F6N2O3/c24-22(25,26)21(23(27,28)29,12-5-7-18-15(9-12)30-11-33-18)13-6-8-19-16(10-13)31-20(34-19)14-3-1-2-4-17(14)32/h1-11,32H. The van der Waals surface area contributed by atoms with Crippen molar-refractivity contribution in [1.29, 1.82) is 0 Å². The molecule has 0 amide bonds. The Kier molecular flexibility index (Phi) is 4.64. The van der Waals surface area contributed by atoms with Crippen LogP contribution in [0, 0.1) is 0 Å². The third kappa shape index (κ3) is 3.11. The number of nitrogens with zero attached hydrogens (tertiary/aromatic N) is 2. The Morgan fingerprint density at radius 1 is 0.735 bits per heavy atom. The number of para-hydroxylation sites is 1. The monoisotopic (exact) mass is 478 g/mol. The second-order valence-electron chi connectivity index (χ2n) is 7.50. The number of fused-ring (bicyclic) bond motifs is 2. The largest absolute Gasteiger partial charge is 0.507 e. The van der Waals surface area contributed by atoms with Crippen LogP contribution in [0.2, 0.25) is 0 Å². The van der Waals surface area contributed by atoms with Gasteiger partial charge >= 0.3 is 12.4 Å². The minimum absolute atomic E-state index is 0.0428. The van der Waals surface area contributed by atoms with Crippen molar-refractivity contribution in [2.45, 2.75) is 17.8 Å². The van der Waals surface area contributed by atoms with E-state index >= 15 is 0 Å². The molecule has 2 aromatic heterocycles. The quantitative estimate of drug-likeness (QED) is 0.291. The lowest BCUT2D eigenvalue weighted by Gasteiger charge is -2.38. The Bertz CT molecular complexity index is 1500. The van der Waals surface area contributed by atoms with Crippen LogP contribution in [0.5, 0.6) is 5.75 Å². The summed E-state index contributed by atoms with van der Waals surface area (Å²) in [6.45, 7) is 0. The maximum Gasteiger partial charge on any atom is 0.411 e. The van der Waals surface area contributed by atoms with E-state index in [2.05, 4.69) is 9.97 Å². The number of oxazole rings is 2. The van der Waals surface area contributed by atoms with Gasteiger partial charge in [0.2, 0.25) is 11.3 Å². The van der Waals surface area contributed by atoms with Gasteiger partial charge in [-0.15, -0.1) is 0 Å². The molecule has 5 nitrogen and oxygen atoms in total. The number of phenolic OH excluding ortho intramolecular Hbond substituents is 1. The van der Waals surface area contributed by atoms with E-state index in [9.17, 15) is 31.4 Å². The Hall–Kier alpha value is -4.02. The summed E-state index contributed by atoms with van der Waals surface area (Å²) < 4.78 is 97.1. The maximum absolute atomic E-state index is 14.5. The normalized spacial score (nSPS) is 13.1. The fourth-order valence-electron chi connectivity index (χ4n) is 4.00. The van der Waals surface area contributed by atoms with Crippen LogP contribution in [0.1, 0.15) is 11.1 Å². The van der Waals surface area contributed by atoms with Crippen molar-refractivity contribution in [3.63, 3.8) is 0 Å². The molecule has 0 aliphatic carbocycles. The number of rotatable bonds is 3. The Balaban J connectivity index is 1.77. The van der Waals surface area contributed by atoms with E-state index in [0.717, 1.165) is 24.6 Å². The first-order valence-electron chi connectivity index (χ1n) is 9.69. The maximum atomic E-state index is 14.5. The summed E-state index contributed by atoms with van der Waals surface area (Å²) in [6, 6.07) is 10.7. The van der Waals surface area contributed by atoms with Crippen LogP contribution >= 0.6 is 0 Å². The molecule has 0 spiro atoms. The first-order chi connectivity index (χ1) is 16.0. The Morgan fingerprint density at radius 3 is 2.00 bits per heavy atom. The average Bonchev–Trinajstić information content (AvgIpc) is 3.38. The van der Waals surface area contributed by atoms with E-state index < -0.39 is 28.9 Å². The van der Waals surface area contributed by atoms with Gasteiger partial charge in [-0.3, -0.25) is 0 Å². The molecule has 0 aliphatic rings. The second kappa shape index (κ2) is 7.24. The molecule has 5 aromatic rings. The van der Waals surface area contributed by atoms with Crippen LogP contribution in [-0.2, 0) is 5.41 Å². The summed E-state index contributed by atoms with van der Waals surface area (Å²) in [4.78, 5) is 7.72. The van der Waals surface area contributed by atoms with E-state index in [-0.39, 0.29) is 39.4 Å². The minimum Gasteiger partial charge on any atom is -0.507 e. The van der Waals surface area contributed by atoms with Crippen LogP contribution < -0.4 is 0 Å². The summed E-state index contributed by atoms with van der Waals surface area (Å²) in [7, 11) is 0. The zero-order valence-corrected chi connectivity index (χ0v) is 16.8. The van der Waals surface area contributed by atoms with Crippen molar-refractivity contribution in [2.75, 3.05) is 0 Å². The molecule has 11 heteroatoms. The number of phenols is 1. The summed E-state index contributed by atoms with van der Waals surface area (Å²) in [6.07, 6.45) is -10.6. The molecular formula is C23H12F6N2O3. The summed E-state index contributed by atoms with van der Waals surface area (Å²) in [5.41, 5.74) is -6.81. The minimum atomic E-state index is -5.78. The van der Waals surface area contributed by atoms with Crippen LogP contribution in [0.3, 0.4) is 0 Å². The first-order valence-corrected chi connectivity index (χ1v) is 9.69. The number of aromatic hydroxyl groups is 1.